The lowest BCUT2D eigenvalue weighted by Crippen LogP contribution is -2.16. The first kappa shape index (κ1) is 22.4. The lowest BCUT2D eigenvalue weighted by Gasteiger charge is -2.26. The van der Waals surface area contributed by atoms with Crippen molar-refractivity contribution in [1.82, 2.24) is 34.3 Å². The van der Waals surface area contributed by atoms with Gasteiger partial charge in [0.15, 0.2) is 11.5 Å². The highest BCUT2D eigenvalue weighted by atomic mass is 35.5. The molecule has 0 N–H and O–H groups in total. The zero-order valence-corrected chi connectivity index (χ0v) is 21.2. The van der Waals surface area contributed by atoms with E-state index in [9.17, 15) is 0 Å². The summed E-state index contributed by atoms with van der Waals surface area (Å²) in [4.78, 5) is 14.0. The number of fused-ring (bicyclic) bond motifs is 4. The van der Waals surface area contributed by atoms with Gasteiger partial charge in [0.1, 0.15) is 12.1 Å². The molecule has 0 bridgehead atoms. The molecule has 0 saturated carbocycles. The Kier molecular flexibility index (Phi) is 5.12. The van der Waals surface area contributed by atoms with Crippen LogP contribution in [0.2, 0.25) is 5.02 Å². The third kappa shape index (κ3) is 3.51. The maximum absolute atomic E-state index is 6.46. The van der Waals surface area contributed by atoms with E-state index >= 15 is 0 Å². The van der Waals surface area contributed by atoms with E-state index in [2.05, 4.69) is 9.97 Å². The minimum atomic E-state index is -0.278. The van der Waals surface area contributed by atoms with Crippen LogP contribution in [-0.4, -0.2) is 41.5 Å². The van der Waals surface area contributed by atoms with Gasteiger partial charge in [0.25, 0.3) is 0 Å². The summed E-state index contributed by atoms with van der Waals surface area (Å²) in [7, 11) is 1.64. The zero-order valence-electron chi connectivity index (χ0n) is 20.4. The Morgan fingerprint density at radius 1 is 1.00 bits per heavy atom. The van der Waals surface area contributed by atoms with Gasteiger partial charge in [-0.2, -0.15) is 5.10 Å². The van der Waals surface area contributed by atoms with E-state index in [1.807, 2.05) is 73.8 Å². The normalized spacial score (nSPS) is 14.1. The second-order valence-electron chi connectivity index (χ2n) is 8.91. The quantitative estimate of drug-likeness (QED) is 0.296. The van der Waals surface area contributed by atoms with Crippen LogP contribution < -0.4 is 9.47 Å². The van der Waals surface area contributed by atoms with Crippen molar-refractivity contribution in [2.45, 2.75) is 12.8 Å². The fraction of sp³-hybridized carbons (Fsp3) is 0.107. The van der Waals surface area contributed by atoms with Crippen LogP contribution in [0.5, 0.6) is 17.5 Å². The minimum Gasteiger partial charge on any atom is -0.497 e. The maximum atomic E-state index is 6.46. The third-order valence-electron chi connectivity index (χ3n) is 6.64. The van der Waals surface area contributed by atoms with Crippen LogP contribution >= 0.6 is 11.6 Å². The van der Waals surface area contributed by atoms with Gasteiger partial charge in [-0.3, -0.25) is 4.98 Å². The summed E-state index contributed by atoms with van der Waals surface area (Å²) in [5.74, 6) is 2.08. The molecule has 0 aliphatic carbocycles. The van der Waals surface area contributed by atoms with Gasteiger partial charge >= 0.3 is 0 Å². The minimum absolute atomic E-state index is 0.278. The number of benzene rings is 2. The molecule has 38 heavy (non-hydrogen) atoms. The fourth-order valence-electron chi connectivity index (χ4n) is 4.90. The van der Waals surface area contributed by atoms with Gasteiger partial charge in [0.05, 0.1) is 35.5 Å². The van der Waals surface area contributed by atoms with Crippen LogP contribution in [0.15, 0.2) is 79.4 Å². The molecule has 5 heterocycles. The number of rotatable bonds is 4. The van der Waals surface area contributed by atoms with Crippen molar-refractivity contribution >= 4 is 17.2 Å². The lowest BCUT2D eigenvalue weighted by molar-refractivity contribution is 0.402. The molecule has 2 aromatic carbocycles. The van der Waals surface area contributed by atoms with Crippen molar-refractivity contribution in [3.8, 4) is 34.6 Å². The van der Waals surface area contributed by atoms with Crippen LogP contribution in [0.1, 0.15) is 28.3 Å². The van der Waals surface area contributed by atoms with E-state index in [1.54, 1.807) is 28.8 Å². The first-order valence-corrected chi connectivity index (χ1v) is 12.3. The summed E-state index contributed by atoms with van der Waals surface area (Å²) >= 11 is 6.30. The summed E-state index contributed by atoms with van der Waals surface area (Å²) in [5, 5.41) is 10.2. The molecule has 4 aromatic heterocycles. The Morgan fingerprint density at radius 3 is 2.63 bits per heavy atom. The Morgan fingerprint density at radius 2 is 1.87 bits per heavy atom. The second-order valence-corrected chi connectivity index (χ2v) is 9.35. The number of aryl methyl sites for hydroxylation is 1. The molecule has 186 valence electrons. The van der Waals surface area contributed by atoms with Gasteiger partial charge in [-0.15, -0.1) is 5.10 Å². The molecule has 1 unspecified atom stereocenters. The van der Waals surface area contributed by atoms with E-state index in [1.165, 1.54) is 0 Å². The van der Waals surface area contributed by atoms with Gasteiger partial charge in [-0.25, -0.2) is 19.2 Å². The largest absolute Gasteiger partial charge is 0.497 e. The van der Waals surface area contributed by atoms with E-state index in [0.717, 1.165) is 39.4 Å². The summed E-state index contributed by atoms with van der Waals surface area (Å²) in [6.07, 6.45) is 5.22. The number of nitrogens with zero attached hydrogens (tertiary/aromatic N) is 7. The van der Waals surface area contributed by atoms with Crippen molar-refractivity contribution in [1.29, 1.82) is 0 Å². The second kappa shape index (κ2) is 8.67. The van der Waals surface area contributed by atoms with Gasteiger partial charge in [0, 0.05) is 23.0 Å². The number of halogens is 1. The SMILES string of the molecule is COc1ccc(-c2nc3c4c(ncn3n2)Oc2c(c(C)nn2-c2cccc(Cl)c2)C4c2cccnc2)cc1. The molecule has 0 amide bonds. The number of ether oxygens (including phenoxy) is 2. The first-order valence-electron chi connectivity index (χ1n) is 11.9. The summed E-state index contributed by atoms with van der Waals surface area (Å²) in [6, 6.07) is 19.1. The molecule has 0 saturated heterocycles. The molecule has 1 aliphatic rings. The Hall–Kier alpha value is -4.76. The summed E-state index contributed by atoms with van der Waals surface area (Å²) < 4.78 is 15.2. The summed E-state index contributed by atoms with van der Waals surface area (Å²) in [6.45, 7) is 1.97. The van der Waals surface area contributed by atoms with Crippen molar-refractivity contribution in [2.75, 3.05) is 7.11 Å². The van der Waals surface area contributed by atoms with Crippen molar-refractivity contribution < 1.29 is 9.47 Å². The van der Waals surface area contributed by atoms with Crippen LogP contribution in [0.25, 0.3) is 22.7 Å². The molecular formula is C28H20ClN7O2. The van der Waals surface area contributed by atoms with Crippen molar-refractivity contribution in [3.63, 3.8) is 0 Å². The number of hydrogen-bond acceptors (Lipinski definition) is 7. The highest BCUT2D eigenvalue weighted by Crippen LogP contribution is 2.49. The first-order chi connectivity index (χ1) is 18.6. The molecule has 0 radical (unpaired) electrons. The van der Waals surface area contributed by atoms with Gasteiger partial charge in [-0.1, -0.05) is 23.7 Å². The van der Waals surface area contributed by atoms with Crippen LogP contribution in [0.3, 0.4) is 0 Å². The van der Waals surface area contributed by atoms with E-state index in [0.29, 0.717) is 28.3 Å². The average molecular weight is 522 g/mol. The van der Waals surface area contributed by atoms with Crippen LogP contribution in [0.4, 0.5) is 0 Å². The lowest BCUT2D eigenvalue weighted by atomic mass is 9.85. The van der Waals surface area contributed by atoms with Gasteiger partial charge < -0.3 is 9.47 Å². The molecule has 0 spiro atoms. The molecule has 6 aromatic rings. The molecule has 1 atom stereocenters. The standard InChI is InChI=1S/C28H20ClN7O2/c1-16-22-23(18-5-4-12-30-14-18)24-26-32-25(17-8-10-21(37-2)11-9-17)34-35(26)15-31-27(24)38-28(22)36(33-16)20-7-3-6-19(29)13-20/h3-15,23H,1-2H3. The number of pyridine rings is 1. The molecule has 9 nitrogen and oxygen atoms in total. The van der Waals surface area contributed by atoms with Gasteiger partial charge in [-0.05, 0) is 61.0 Å². The molecule has 10 heteroatoms. The fourth-order valence-corrected chi connectivity index (χ4v) is 5.09. The van der Waals surface area contributed by atoms with Gasteiger partial charge in [0.2, 0.25) is 11.8 Å². The van der Waals surface area contributed by atoms with E-state index in [-0.39, 0.29) is 5.92 Å². The molecule has 7 rings (SSSR count). The van der Waals surface area contributed by atoms with Crippen LogP contribution in [-0.2, 0) is 0 Å². The number of methoxy groups -OCH3 is 1. The topological polar surface area (TPSA) is 92.3 Å². The Balaban J connectivity index is 1.45. The number of aromatic nitrogens is 7. The predicted molar refractivity (Wildman–Crippen MR) is 141 cm³/mol. The Bertz CT molecular complexity index is 1810. The van der Waals surface area contributed by atoms with Crippen molar-refractivity contribution in [3.05, 3.63) is 107 Å². The van der Waals surface area contributed by atoms with E-state index < -0.39 is 0 Å². The average Bonchev–Trinajstić information content (AvgIpc) is 3.54. The smallest absolute Gasteiger partial charge is 0.230 e. The highest BCUT2D eigenvalue weighted by Gasteiger charge is 2.38. The van der Waals surface area contributed by atoms with E-state index in [4.69, 9.17) is 36.3 Å². The van der Waals surface area contributed by atoms with Crippen molar-refractivity contribution in [2.24, 2.45) is 0 Å². The molecule has 1 aliphatic heterocycles. The predicted octanol–water partition coefficient (Wildman–Crippen LogP) is 5.63. The third-order valence-corrected chi connectivity index (χ3v) is 6.87. The number of hydrogen-bond donors (Lipinski definition) is 0. The molecule has 0 fully saturated rings. The van der Waals surface area contributed by atoms with Crippen LogP contribution in [0, 0.1) is 6.92 Å². The maximum Gasteiger partial charge on any atom is 0.230 e. The monoisotopic (exact) mass is 521 g/mol. The zero-order chi connectivity index (χ0) is 25.8. The molecular weight excluding hydrogens is 502 g/mol. The Labute approximate surface area is 222 Å². The highest BCUT2D eigenvalue weighted by molar-refractivity contribution is 6.30. The summed E-state index contributed by atoms with van der Waals surface area (Å²) in [5.41, 5.74) is 5.80.